The van der Waals surface area contributed by atoms with Gasteiger partial charge in [-0.3, -0.25) is 4.79 Å². The number of halogens is 1. The molecule has 0 aromatic heterocycles. The molecule has 3 aromatic carbocycles. The van der Waals surface area contributed by atoms with Crippen LogP contribution in [0, 0.1) is 5.92 Å². The van der Waals surface area contributed by atoms with Gasteiger partial charge in [-0.25, -0.2) is 4.79 Å². The lowest BCUT2D eigenvalue weighted by molar-refractivity contribution is -0.134. The number of carbonyl (C=O) groups is 2. The van der Waals surface area contributed by atoms with E-state index >= 15 is 0 Å². The molecule has 0 unspecified atom stereocenters. The van der Waals surface area contributed by atoms with Crippen molar-refractivity contribution in [1.82, 2.24) is 0 Å². The number of methoxy groups -OCH3 is 1. The van der Waals surface area contributed by atoms with Crippen molar-refractivity contribution in [2.75, 3.05) is 12.0 Å². The standard InChI is InChI=1S/C27H26ClNO3/c1-19(2)27(31)29(25-9-4-6-20(16-25)12-15-26(30)32-3)18-21-10-13-22(14-11-21)23-7-5-8-24(28)17-23/h4-17,19H,18H2,1-3H3/b15-12+. The predicted octanol–water partition coefficient (Wildman–Crippen LogP) is 6.38. The first-order valence-corrected chi connectivity index (χ1v) is 10.8. The van der Waals surface area contributed by atoms with Crippen molar-refractivity contribution >= 4 is 35.2 Å². The van der Waals surface area contributed by atoms with Gasteiger partial charge in [-0.1, -0.05) is 74.0 Å². The number of carbonyl (C=O) groups excluding carboxylic acids is 2. The molecule has 0 heterocycles. The Morgan fingerprint density at radius 2 is 1.69 bits per heavy atom. The second-order valence-corrected chi connectivity index (χ2v) is 8.17. The van der Waals surface area contributed by atoms with E-state index < -0.39 is 5.97 Å². The first kappa shape index (κ1) is 23.3. The third-order valence-electron chi connectivity index (χ3n) is 5.01. The lowest BCUT2D eigenvalue weighted by atomic mass is 10.0. The fraction of sp³-hybridized carbons (Fsp3) is 0.185. The zero-order valence-corrected chi connectivity index (χ0v) is 19.2. The van der Waals surface area contributed by atoms with Gasteiger partial charge in [0.1, 0.15) is 0 Å². The first-order chi connectivity index (χ1) is 15.4. The zero-order valence-electron chi connectivity index (χ0n) is 18.4. The first-order valence-electron chi connectivity index (χ1n) is 10.4. The molecule has 32 heavy (non-hydrogen) atoms. The van der Waals surface area contributed by atoms with Crippen molar-refractivity contribution in [2.45, 2.75) is 20.4 Å². The lowest BCUT2D eigenvalue weighted by Gasteiger charge is -2.25. The maximum absolute atomic E-state index is 13.0. The molecule has 1 amide bonds. The van der Waals surface area contributed by atoms with Crippen LogP contribution in [0.5, 0.6) is 0 Å². The van der Waals surface area contributed by atoms with Gasteiger partial charge in [0, 0.05) is 22.7 Å². The van der Waals surface area contributed by atoms with Gasteiger partial charge in [-0.05, 0) is 52.6 Å². The van der Waals surface area contributed by atoms with Crippen molar-refractivity contribution in [3.05, 3.63) is 95.0 Å². The minimum Gasteiger partial charge on any atom is -0.466 e. The normalized spacial score (nSPS) is 11.0. The molecule has 3 rings (SSSR count). The lowest BCUT2D eigenvalue weighted by Crippen LogP contribution is -2.33. The highest BCUT2D eigenvalue weighted by molar-refractivity contribution is 6.30. The van der Waals surface area contributed by atoms with Crippen molar-refractivity contribution in [1.29, 1.82) is 0 Å². The molecule has 0 aliphatic carbocycles. The summed E-state index contributed by atoms with van der Waals surface area (Å²) >= 11 is 6.11. The van der Waals surface area contributed by atoms with E-state index in [1.165, 1.54) is 13.2 Å². The van der Waals surface area contributed by atoms with Crippen LogP contribution in [-0.2, 0) is 20.9 Å². The average Bonchev–Trinajstić information content (AvgIpc) is 2.81. The second kappa shape index (κ2) is 10.8. The summed E-state index contributed by atoms with van der Waals surface area (Å²) in [5, 5.41) is 0.696. The van der Waals surface area contributed by atoms with E-state index in [1.807, 2.05) is 86.6 Å². The number of benzene rings is 3. The number of ether oxygens (including phenoxy) is 1. The van der Waals surface area contributed by atoms with E-state index in [-0.39, 0.29) is 11.8 Å². The van der Waals surface area contributed by atoms with Crippen LogP contribution in [-0.4, -0.2) is 19.0 Å². The van der Waals surface area contributed by atoms with Crippen LogP contribution in [0.1, 0.15) is 25.0 Å². The summed E-state index contributed by atoms with van der Waals surface area (Å²) in [5.74, 6) is -0.557. The molecule has 0 aliphatic rings. The fourth-order valence-electron chi connectivity index (χ4n) is 3.29. The molecule has 0 atom stereocenters. The topological polar surface area (TPSA) is 46.6 Å². The number of rotatable bonds is 7. The van der Waals surface area contributed by atoms with E-state index in [0.29, 0.717) is 11.6 Å². The summed E-state index contributed by atoms with van der Waals surface area (Å²) in [4.78, 5) is 26.2. The molecule has 0 bridgehead atoms. The number of hydrogen-bond donors (Lipinski definition) is 0. The Kier molecular flexibility index (Phi) is 7.85. The summed E-state index contributed by atoms with van der Waals surface area (Å²) in [7, 11) is 1.34. The quantitative estimate of drug-likeness (QED) is 0.311. The number of hydrogen-bond acceptors (Lipinski definition) is 3. The molecule has 0 saturated heterocycles. The van der Waals surface area contributed by atoms with E-state index in [2.05, 4.69) is 4.74 Å². The average molecular weight is 448 g/mol. The molecule has 0 saturated carbocycles. The zero-order chi connectivity index (χ0) is 23.1. The molecule has 164 valence electrons. The highest BCUT2D eigenvalue weighted by Gasteiger charge is 2.19. The van der Waals surface area contributed by atoms with Crippen molar-refractivity contribution in [3.8, 4) is 11.1 Å². The molecule has 5 heteroatoms. The van der Waals surface area contributed by atoms with Crippen LogP contribution in [0.3, 0.4) is 0 Å². The molecule has 4 nitrogen and oxygen atoms in total. The van der Waals surface area contributed by atoms with Gasteiger partial charge in [0.05, 0.1) is 13.7 Å². The van der Waals surface area contributed by atoms with Crippen LogP contribution >= 0.6 is 11.6 Å². The monoisotopic (exact) mass is 447 g/mol. The molecule has 0 N–H and O–H groups in total. The molecule has 3 aromatic rings. The van der Waals surface area contributed by atoms with Crippen LogP contribution < -0.4 is 4.90 Å². The maximum atomic E-state index is 13.0. The smallest absolute Gasteiger partial charge is 0.330 e. The summed E-state index contributed by atoms with van der Waals surface area (Å²) in [6.45, 7) is 4.22. The van der Waals surface area contributed by atoms with Crippen LogP contribution in [0.4, 0.5) is 5.69 Å². The fourth-order valence-corrected chi connectivity index (χ4v) is 3.48. The predicted molar refractivity (Wildman–Crippen MR) is 130 cm³/mol. The summed E-state index contributed by atoms with van der Waals surface area (Å²) in [6.07, 6.45) is 3.04. The summed E-state index contributed by atoms with van der Waals surface area (Å²) in [5.41, 5.74) is 4.71. The van der Waals surface area contributed by atoms with Gasteiger partial charge in [0.15, 0.2) is 0 Å². The Morgan fingerprint density at radius 1 is 0.969 bits per heavy atom. The van der Waals surface area contributed by atoms with Crippen molar-refractivity contribution in [2.24, 2.45) is 5.92 Å². The van der Waals surface area contributed by atoms with E-state index in [1.54, 1.807) is 11.0 Å². The summed E-state index contributed by atoms with van der Waals surface area (Å²) in [6, 6.07) is 23.4. The SMILES string of the molecule is COC(=O)/C=C/c1cccc(N(Cc2ccc(-c3cccc(Cl)c3)cc2)C(=O)C(C)C)c1. The Labute approximate surface area is 194 Å². The Morgan fingerprint density at radius 3 is 2.34 bits per heavy atom. The number of amides is 1. The van der Waals surface area contributed by atoms with Crippen molar-refractivity contribution in [3.63, 3.8) is 0 Å². The number of nitrogens with zero attached hydrogens (tertiary/aromatic N) is 1. The van der Waals surface area contributed by atoms with Gasteiger partial charge in [-0.15, -0.1) is 0 Å². The number of anilines is 1. The highest BCUT2D eigenvalue weighted by Crippen LogP contribution is 2.25. The third-order valence-corrected chi connectivity index (χ3v) is 5.24. The maximum Gasteiger partial charge on any atom is 0.330 e. The van der Waals surface area contributed by atoms with E-state index in [0.717, 1.165) is 27.9 Å². The Hall–Kier alpha value is -3.37. The van der Waals surface area contributed by atoms with Crippen molar-refractivity contribution < 1.29 is 14.3 Å². The van der Waals surface area contributed by atoms with Crippen LogP contribution in [0.2, 0.25) is 5.02 Å². The molecular weight excluding hydrogens is 422 g/mol. The van der Waals surface area contributed by atoms with Crippen LogP contribution in [0.15, 0.2) is 78.9 Å². The third kappa shape index (κ3) is 6.08. The number of esters is 1. The molecule has 0 fully saturated rings. The van der Waals surface area contributed by atoms with Gasteiger partial charge < -0.3 is 9.64 Å². The molecule has 0 aliphatic heterocycles. The highest BCUT2D eigenvalue weighted by atomic mass is 35.5. The minimum absolute atomic E-state index is 0.0259. The summed E-state index contributed by atoms with van der Waals surface area (Å²) < 4.78 is 4.65. The molecular formula is C27H26ClNO3. The van der Waals surface area contributed by atoms with Gasteiger partial charge in [-0.2, -0.15) is 0 Å². The van der Waals surface area contributed by atoms with Gasteiger partial charge in [0.2, 0.25) is 5.91 Å². The van der Waals surface area contributed by atoms with E-state index in [4.69, 9.17) is 11.6 Å². The molecule has 0 radical (unpaired) electrons. The van der Waals surface area contributed by atoms with Crippen LogP contribution in [0.25, 0.3) is 17.2 Å². The second-order valence-electron chi connectivity index (χ2n) is 7.74. The van der Waals surface area contributed by atoms with Gasteiger partial charge in [0.25, 0.3) is 0 Å². The van der Waals surface area contributed by atoms with E-state index in [9.17, 15) is 9.59 Å². The minimum atomic E-state index is -0.426. The molecule has 0 spiro atoms. The van der Waals surface area contributed by atoms with Gasteiger partial charge >= 0.3 is 5.97 Å². The largest absolute Gasteiger partial charge is 0.466 e. The Balaban J connectivity index is 1.86. The Bertz CT molecular complexity index is 1120.